The van der Waals surface area contributed by atoms with E-state index >= 15 is 0 Å². The molecule has 19 heteroatoms. The summed E-state index contributed by atoms with van der Waals surface area (Å²) in [5.74, 6) is -10.7. The molecule has 9 rings (SSSR count). The highest BCUT2D eigenvalue weighted by atomic mass is 17.0. The third-order valence-corrected chi connectivity index (χ3v) is 15.3. The maximum Gasteiger partial charge on any atom is 0.348 e. The lowest BCUT2D eigenvalue weighted by atomic mass is 9.33. The van der Waals surface area contributed by atoms with Crippen LogP contribution in [0.25, 0.3) is 0 Å². The van der Waals surface area contributed by atoms with Gasteiger partial charge in [-0.2, -0.15) is 0 Å². The van der Waals surface area contributed by atoms with Gasteiger partial charge in [0.25, 0.3) is 5.97 Å². The van der Waals surface area contributed by atoms with Gasteiger partial charge in [0, 0.05) is 50.0 Å². The quantitative estimate of drug-likeness (QED) is 0.235. The molecular weight excluding hydrogens is 772 g/mol. The number of carbonyl (C=O) groups is 6. The number of methoxy groups -OCH3 is 1. The van der Waals surface area contributed by atoms with Crippen molar-refractivity contribution in [2.75, 3.05) is 7.11 Å². The van der Waals surface area contributed by atoms with Crippen LogP contribution >= 0.6 is 0 Å². The first kappa shape index (κ1) is 39.3. The lowest BCUT2D eigenvalue weighted by Gasteiger charge is -2.77. The van der Waals surface area contributed by atoms with Crippen LogP contribution in [0.4, 0.5) is 0 Å². The van der Waals surface area contributed by atoms with Crippen LogP contribution < -0.4 is 0 Å². The average molecular weight is 819 g/mol. The summed E-state index contributed by atoms with van der Waals surface area (Å²) < 4.78 is 61.5. The number of esters is 6. The molecule has 3 aliphatic heterocycles. The Morgan fingerprint density at radius 3 is 2.12 bits per heavy atom. The molecule has 58 heavy (non-hydrogen) atoms. The first-order valence-corrected chi connectivity index (χ1v) is 19.2. The molecule has 1 spiro atoms. The van der Waals surface area contributed by atoms with Crippen molar-refractivity contribution in [1.29, 1.82) is 0 Å². The van der Waals surface area contributed by atoms with Gasteiger partial charge in [0.1, 0.15) is 35.1 Å². The Morgan fingerprint density at radius 2 is 1.55 bits per heavy atom. The highest BCUT2D eigenvalue weighted by Crippen LogP contribution is 2.95. The second kappa shape index (κ2) is 11.2. The highest BCUT2D eigenvalue weighted by Gasteiger charge is 3.11. The molecule has 1 unspecified atom stereocenters. The molecule has 19 nitrogen and oxygen atoms in total. The Kier molecular flexibility index (Phi) is 7.57. The minimum atomic E-state index is -2.60. The number of rotatable bonds is 8. The molecule has 1 aromatic rings. The van der Waals surface area contributed by atoms with E-state index in [0.29, 0.717) is 0 Å². The number of hydrogen-bond donors (Lipinski definition) is 3. The Labute approximate surface area is 330 Å². The van der Waals surface area contributed by atoms with Gasteiger partial charge in [0.15, 0.2) is 6.10 Å². The topological polar surface area (TPSA) is 259 Å². The molecule has 8 aliphatic rings. The van der Waals surface area contributed by atoms with Gasteiger partial charge in [-0.15, -0.1) is 0 Å². The van der Waals surface area contributed by atoms with Gasteiger partial charge >= 0.3 is 35.8 Å². The molecule has 3 N–H and O–H groups in total. The molecule has 1 aromatic heterocycles. The van der Waals surface area contributed by atoms with E-state index in [0.717, 1.165) is 27.9 Å². The second-order valence-corrected chi connectivity index (χ2v) is 18.1. The summed E-state index contributed by atoms with van der Waals surface area (Å²) in [4.78, 5) is 82.1. The molecule has 0 aromatic carbocycles. The maximum absolute atomic E-state index is 14.5. The number of hydrogen-bond acceptors (Lipinski definition) is 19. The monoisotopic (exact) mass is 818 g/mol. The van der Waals surface area contributed by atoms with Gasteiger partial charge in [-0.25, -0.2) is 9.59 Å². The third-order valence-electron chi connectivity index (χ3n) is 15.3. The summed E-state index contributed by atoms with van der Waals surface area (Å²) in [6.07, 6.45) is -11.3. The van der Waals surface area contributed by atoms with Crippen molar-refractivity contribution >= 4 is 35.8 Å². The van der Waals surface area contributed by atoms with Crippen LogP contribution in [0.5, 0.6) is 0 Å². The maximum atomic E-state index is 14.5. The molecule has 4 heterocycles. The van der Waals surface area contributed by atoms with Crippen molar-refractivity contribution in [2.24, 2.45) is 33.5 Å². The molecule has 316 valence electrons. The molecule has 3 saturated heterocycles. The van der Waals surface area contributed by atoms with E-state index in [1.54, 1.807) is 0 Å². The highest BCUT2D eigenvalue weighted by molar-refractivity contribution is 5.85. The molecule has 8 fully saturated rings. The SMILES string of the molecule is COC(=O)[C@H](OC(C)=O)[C@H]1[C@@]2(C)C[C@]3(O)[C@](OC(=O)C(C)C)([C@H]4OC5(C)O[C@@]6([C@H](O)[C@H](O)[C@]78C[C@]7([C@@H](OC(C)=O)C(=O)O[C@H]8c7ccoc7)[C@@]46O5)[C@]13C)[C@H]2OC(C)=O. The van der Waals surface area contributed by atoms with E-state index in [2.05, 4.69) is 0 Å². The first-order valence-electron chi connectivity index (χ1n) is 19.2. The van der Waals surface area contributed by atoms with Crippen molar-refractivity contribution in [2.45, 2.75) is 139 Å². The number of aliphatic hydroxyl groups is 3. The lowest BCUT2D eigenvalue weighted by Crippen LogP contribution is -2.97. The number of ether oxygens (including phenoxy) is 9. The molecule has 0 radical (unpaired) electrons. The zero-order chi connectivity index (χ0) is 42.3. The zero-order valence-corrected chi connectivity index (χ0v) is 33.2. The Balaban J connectivity index is 1.45. The smallest absolute Gasteiger partial charge is 0.348 e. The number of furan rings is 1. The standard InChI is InChI=1S/C39H46O19/c1-15(2)26(45)55-37-29(53-18(5)42)31(6)13-36(37,48)32(7,21(31)20(27(46)49-9)51-16(3)40)38-23(44)22(43)34-14-35(34,39(38)30(37)56-33(8,57-38)58-39)25(52-17(4)41)28(47)54-24(34)19-10-11-50-12-19/h10-12,15,20-25,29-30,43-44,48H,13-14H2,1-9H3/t20-,21+,22+,23-,24+,25+,29+,30-,31-,32-,33?,34+,35-,36-,37-,38+,39+/m1/s1. The minimum Gasteiger partial charge on any atom is -0.472 e. The normalized spacial score (nSPS) is 51.1. The minimum absolute atomic E-state index is 0.248. The fourth-order valence-electron chi connectivity index (χ4n) is 14.1. The van der Waals surface area contributed by atoms with Crippen molar-refractivity contribution in [3.05, 3.63) is 24.2 Å². The van der Waals surface area contributed by atoms with Gasteiger partial charge in [0.2, 0.25) is 17.8 Å². The first-order chi connectivity index (χ1) is 26.9. The van der Waals surface area contributed by atoms with Gasteiger partial charge in [-0.1, -0.05) is 27.7 Å². The summed E-state index contributed by atoms with van der Waals surface area (Å²) in [7, 11) is 1.04. The largest absolute Gasteiger partial charge is 0.472 e. The Hall–Kier alpha value is -4.14. The Morgan fingerprint density at radius 1 is 0.897 bits per heavy atom. The summed E-state index contributed by atoms with van der Waals surface area (Å²) in [5, 5.41) is 40.1. The van der Waals surface area contributed by atoms with E-state index in [-0.39, 0.29) is 12.0 Å². The van der Waals surface area contributed by atoms with Crippen molar-refractivity contribution in [1.82, 2.24) is 0 Å². The van der Waals surface area contributed by atoms with E-state index in [9.17, 15) is 44.1 Å². The number of cyclic esters (lactones) is 1. The van der Waals surface area contributed by atoms with Crippen molar-refractivity contribution in [3.63, 3.8) is 0 Å². The molecule has 4 bridgehead atoms. The van der Waals surface area contributed by atoms with Crippen LogP contribution in [-0.4, -0.2) is 123 Å². The number of fused-ring (bicyclic) bond motifs is 3. The second-order valence-electron chi connectivity index (χ2n) is 18.1. The van der Waals surface area contributed by atoms with Crippen LogP contribution in [0, 0.1) is 33.5 Å². The number of carbonyl (C=O) groups excluding carboxylic acids is 6. The van der Waals surface area contributed by atoms with Gasteiger partial charge < -0.3 is 62.4 Å². The van der Waals surface area contributed by atoms with Crippen LogP contribution in [0.3, 0.4) is 0 Å². The molecule has 17 atom stereocenters. The fourth-order valence-corrected chi connectivity index (χ4v) is 14.1. The van der Waals surface area contributed by atoms with E-state index in [1.807, 2.05) is 0 Å². The van der Waals surface area contributed by atoms with Crippen LogP contribution in [0.1, 0.15) is 79.9 Å². The molecule has 0 amide bonds. The van der Waals surface area contributed by atoms with E-state index in [1.165, 1.54) is 53.2 Å². The molecule has 5 saturated carbocycles. The molecular formula is C39H46O19. The van der Waals surface area contributed by atoms with Gasteiger partial charge in [-0.05, 0) is 18.9 Å². The zero-order valence-electron chi connectivity index (χ0n) is 33.2. The van der Waals surface area contributed by atoms with Gasteiger partial charge in [0.05, 0.1) is 42.5 Å². The number of aliphatic hydroxyl groups excluding tert-OH is 2. The predicted molar refractivity (Wildman–Crippen MR) is 182 cm³/mol. The molecule has 5 aliphatic carbocycles. The summed E-state index contributed by atoms with van der Waals surface area (Å²) in [5.41, 5.74) is -17.8. The van der Waals surface area contributed by atoms with E-state index in [4.69, 9.17) is 47.0 Å². The summed E-state index contributed by atoms with van der Waals surface area (Å²) >= 11 is 0. The van der Waals surface area contributed by atoms with Crippen molar-refractivity contribution in [3.8, 4) is 0 Å². The van der Waals surface area contributed by atoms with Crippen molar-refractivity contribution < 1.29 is 91.1 Å². The summed E-state index contributed by atoms with van der Waals surface area (Å²) in [6, 6.07) is 1.48. The Bertz CT molecular complexity index is 2070. The lowest BCUT2D eigenvalue weighted by molar-refractivity contribution is -0.472. The third kappa shape index (κ3) is 3.68. The van der Waals surface area contributed by atoms with Crippen LogP contribution in [0.15, 0.2) is 23.0 Å². The average Bonchev–Trinajstić information content (AvgIpc) is 3.48. The predicted octanol–water partition coefficient (Wildman–Crippen LogP) is 0.283. The van der Waals surface area contributed by atoms with Gasteiger partial charge in [-0.3, -0.25) is 19.2 Å². The van der Waals surface area contributed by atoms with Crippen LogP contribution in [0.2, 0.25) is 0 Å². The van der Waals surface area contributed by atoms with Crippen LogP contribution in [-0.2, 0) is 71.4 Å². The fraction of sp³-hybridized carbons (Fsp3) is 0.744. The summed E-state index contributed by atoms with van der Waals surface area (Å²) in [6.45, 7) is 10.5. The van der Waals surface area contributed by atoms with E-state index < -0.39 is 147 Å².